The molecule has 0 amide bonds. The van der Waals surface area contributed by atoms with Gasteiger partial charge >= 0.3 is 0 Å². The van der Waals surface area contributed by atoms with Gasteiger partial charge in [-0.25, -0.2) is 0 Å². The number of thiophene rings is 1. The summed E-state index contributed by atoms with van der Waals surface area (Å²) in [6, 6.07) is 4.27. The maximum absolute atomic E-state index is 6.14. The van der Waals surface area contributed by atoms with Crippen LogP contribution in [-0.2, 0) is 6.42 Å². The van der Waals surface area contributed by atoms with Gasteiger partial charge in [-0.1, -0.05) is 25.3 Å². The summed E-state index contributed by atoms with van der Waals surface area (Å²) in [5.41, 5.74) is 6.40. The molecule has 2 aliphatic rings. The first kappa shape index (κ1) is 18.1. The van der Waals surface area contributed by atoms with Gasteiger partial charge in [0.25, 0.3) is 0 Å². The Morgan fingerprint density at radius 1 is 1.25 bits per heavy atom. The van der Waals surface area contributed by atoms with E-state index in [1.54, 1.807) is 11.3 Å². The Labute approximate surface area is 154 Å². The summed E-state index contributed by atoms with van der Waals surface area (Å²) in [5, 5.41) is 5.41. The molecule has 2 fully saturated rings. The predicted octanol–water partition coefficient (Wildman–Crippen LogP) is 2.95. The summed E-state index contributed by atoms with van der Waals surface area (Å²) in [6.45, 7) is 4.15. The highest BCUT2D eigenvalue weighted by molar-refractivity contribution is 7.99. The smallest absolute Gasteiger partial charge is 0.188 e. The number of nitrogens with one attached hydrogen (secondary N) is 1. The quantitative estimate of drug-likeness (QED) is 0.600. The molecule has 3 N–H and O–H groups in total. The van der Waals surface area contributed by atoms with Gasteiger partial charge in [-0.05, 0) is 30.7 Å². The van der Waals surface area contributed by atoms with Crippen LogP contribution in [0.5, 0.6) is 0 Å². The number of thioether (sulfide) groups is 1. The molecule has 1 aliphatic heterocycles. The van der Waals surface area contributed by atoms with Crippen LogP contribution in [0.4, 0.5) is 0 Å². The van der Waals surface area contributed by atoms with Gasteiger partial charge < -0.3 is 11.1 Å². The molecule has 1 saturated carbocycles. The number of nitrogens with two attached hydrogens (primary N) is 1. The number of hydrogen-bond acceptors (Lipinski definition) is 4. The second-order valence-electron chi connectivity index (χ2n) is 6.84. The fourth-order valence-electron chi connectivity index (χ4n) is 3.88. The molecule has 4 nitrogen and oxygen atoms in total. The van der Waals surface area contributed by atoms with Gasteiger partial charge in [-0.2, -0.15) is 11.8 Å². The molecule has 1 saturated heterocycles. The van der Waals surface area contributed by atoms with E-state index in [1.165, 1.54) is 61.6 Å². The van der Waals surface area contributed by atoms with Crippen LogP contribution < -0.4 is 11.1 Å². The van der Waals surface area contributed by atoms with Crippen molar-refractivity contribution < 1.29 is 0 Å². The van der Waals surface area contributed by atoms with Crippen molar-refractivity contribution in [2.45, 2.75) is 44.1 Å². The third-order valence-corrected chi connectivity index (χ3v) is 7.15. The van der Waals surface area contributed by atoms with Crippen molar-refractivity contribution in [2.24, 2.45) is 10.7 Å². The Morgan fingerprint density at radius 3 is 2.75 bits per heavy atom. The molecule has 1 aliphatic carbocycles. The lowest BCUT2D eigenvalue weighted by Gasteiger charge is -2.47. The van der Waals surface area contributed by atoms with Gasteiger partial charge in [-0.3, -0.25) is 9.89 Å². The summed E-state index contributed by atoms with van der Waals surface area (Å²) in [7, 11) is 0. The summed E-state index contributed by atoms with van der Waals surface area (Å²) in [5.74, 6) is 3.14. The molecule has 24 heavy (non-hydrogen) atoms. The molecule has 0 atom stereocenters. The molecule has 0 spiro atoms. The number of aliphatic imine (C=N–C) groups is 1. The normalized spacial score (nSPS) is 22.4. The minimum absolute atomic E-state index is 0.263. The van der Waals surface area contributed by atoms with Crippen LogP contribution in [0.3, 0.4) is 0 Å². The average Bonchev–Trinajstić information content (AvgIpc) is 3.15. The Morgan fingerprint density at radius 2 is 2.04 bits per heavy atom. The van der Waals surface area contributed by atoms with Crippen molar-refractivity contribution >= 4 is 29.1 Å². The molecule has 0 radical (unpaired) electrons. The van der Waals surface area contributed by atoms with E-state index in [-0.39, 0.29) is 5.54 Å². The Bertz CT molecular complexity index is 503. The zero-order chi connectivity index (χ0) is 16.7. The van der Waals surface area contributed by atoms with Crippen LogP contribution in [-0.4, -0.2) is 54.1 Å². The summed E-state index contributed by atoms with van der Waals surface area (Å²) in [4.78, 5) is 8.86. The van der Waals surface area contributed by atoms with E-state index in [0.717, 1.165) is 19.5 Å². The lowest BCUT2D eigenvalue weighted by atomic mass is 9.80. The monoisotopic (exact) mass is 366 g/mol. The van der Waals surface area contributed by atoms with Gasteiger partial charge in [0.05, 0.1) is 6.54 Å². The number of rotatable bonds is 6. The van der Waals surface area contributed by atoms with Crippen LogP contribution in [0.25, 0.3) is 0 Å². The Hall–Kier alpha value is -0.720. The van der Waals surface area contributed by atoms with Crippen LogP contribution in [0, 0.1) is 0 Å². The SMILES string of the molecule is NC(=NCC1(N2CCSCC2)CCCCC1)NCCc1cccs1. The zero-order valence-corrected chi connectivity index (χ0v) is 16.1. The summed E-state index contributed by atoms with van der Waals surface area (Å²) < 4.78 is 0. The van der Waals surface area contributed by atoms with Crippen molar-refractivity contribution in [2.75, 3.05) is 37.7 Å². The topological polar surface area (TPSA) is 53.6 Å². The molecule has 1 aromatic heterocycles. The van der Waals surface area contributed by atoms with Crippen molar-refractivity contribution in [1.82, 2.24) is 10.2 Å². The molecule has 1 aromatic rings. The summed E-state index contributed by atoms with van der Waals surface area (Å²) >= 11 is 3.88. The highest BCUT2D eigenvalue weighted by Crippen LogP contribution is 2.35. The molecule has 0 unspecified atom stereocenters. The van der Waals surface area contributed by atoms with E-state index in [4.69, 9.17) is 10.7 Å². The van der Waals surface area contributed by atoms with Crippen LogP contribution in [0.1, 0.15) is 37.0 Å². The first-order valence-electron chi connectivity index (χ1n) is 9.17. The predicted molar refractivity (Wildman–Crippen MR) is 107 cm³/mol. The molecular weight excluding hydrogens is 336 g/mol. The van der Waals surface area contributed by atoms with Crippen LogP contribution >= 0.6 is 23.1 Å². The van der Waals surface area contributed by atoms with Crippen molar-refractivity contribution in [3.63, 3.8) is 0 Å². The second kappa shape index (κ2) is 9.11. The lowest BCUT2D eigenvalue weighted by Crippen LogP contribution is -2.55. The van der Waals surface area contributed by atoms with Gasteiger partial charge in [0.15, 0.2) is 5.96 Å². The molecular formula is C18H30N4S2. The van der Waals surface area contributed by atoms with Crippen LogP contribution in [0.2, 0.25) is 0 Å². The minimum Gasteiger partial charge on any atom is -0.370 e. The van der Waals surface area contributed by atoms with E-state index < -0.39 is 0 Å². The second-order valence-corrected chi connectivity index (χ2v) is 9.10. The third-order valence-electron chi connectivity index (χ3n) is 5.27. The molecule has 2 heterocycles. The first-order valence-corrected chi connectivity index (χ1v) is 11.2. The standard InChI is InChI=1S/C18H30N4S2/c19-17(20-9-6-16-5-4-12-24-16)21-15-18(7-2-1-3-8-18)22-10-13-23-14-11-22/h4-5,12H,1-3,6-11,13-15H2,(H3,19,20,21). The fraction of sp³-hybridized carbons (Fsp3) is 0.722. The van der Waals surface area contributed by atoms with Gasteiger partial charge in [0.1, 0.15) is 0 Å². The molecule has 134 valence electrons. The molecule has 0 aromatic carbocycles. The number of guanidine groups is 1. The molecule has 0 bridgehead atoms. The van der Waals surface area contributed by atoms with E-state index in [9.17, 15) is 0 Å². The third kappa shape index (κ3) is 4.90. The minimum atomic E-state index is 0.263. The Balaban J connectivity index is 1.53. The number of nitrogens with zero attached hydrogens (tertiary/aromatic N) is 2. The lowest BCUT2D eigenvalue weighted by molar-refractivity contribution is 0.0672. The highest BCUT2D eigenvalue weighted by Gasteiger charge is 2.38. The van der Waals surface area contributed by atoms with E-state index in [0.29, 0.717) is 5.96 Å². The zero-order valence-electron chi connectivity index (χ0n) is 14.5. The van der Waals surface area contributed by atoms with Gasteiger partial charge in [0.2, 0.25) is 0 Å². The summed E-state index contributed by atoms with van der Waals surface area (Å²) in [6.07, 6.45) is 7.63. The van der Waals surface area contributed by atoms with Crippen molar-refractivity contribution in [1.29, 1.82) is 0 Å². The maximum atomic E-state index is 6.14. The largest absolute Gasteiger partial charge is 0.370 e. The Kier molecular flexibility index (Phi) is 6.86. The van der Waals surface area contributed by atoms with Crippen molar-refractivity contribution in [3.8, 4) is 0 Å². The number of hydrogen-bond donors (Lipinski definition) is 2. The molecule has 6 heteroatoms. The van der Waals surface area contributed by atoms with Crippen LogP contribution in [0.15, 0.2) is 22.5 Å². The van der Waals surface area contributed by atoms with Gasteiger partial charge in [0, 0.05) is 41.6 Å². The average molecular weight is 367 g/mol. The fourth-order valence-corrected chi connectivity index (χ4v) is 5.49. The van der Waals surface area contributed by atoms with Crippen molar-refractivity contribution in [3.05, 3.63) is 22.4 Å². The van der Waals surface area contributed by atoms with E-state index in [1.807, 2.05) is 0 Å². The van der Waals surface area contributed by atoms with E-state index >= 15 is 0 Å². The highest BCUT2D eigenvalue weighted by atomic mass is 32.2. The van der Waals surface area contributed by atoms with Gasteiger partial charge in [-0.15, -0.1) is 11.3 Å². The van der Waals surface area contributed by atoms with E-state index in [2.05, 4.69) is 39.5 Å². The molecule has 3 rings (SSSR count). The maximum Gasteiger partial charge on any atom is 0.188 e. The first-order chi connectivity index (χ1) is 11.8.